The number of rotatable bonds is 7. The quantitative estimate of drug-likeness (QED) is 0.722. The van der Waals surface area contributed by atoms with Gasteiger partial charge in [0.15, 0.2) is 0 Å². The van der Waals surface area contributed by atoms with Crippen LogP contribution in [0.3, 0.4) is 0 Å². The van der Waals surface area contributed by atoms with E-state index in [9.17, 15) is 9.59 Å². The minimum absolute atomic E-state index is 0.558. The second kappa shape index (κ2) is 11.9. The molecule has 2 rings (SSSR count). The van der Waals surface area contributed by atoms with Gasteiger partial charge in [0.25, 0.3) is 0 Å². The highest BCUT2D eigenvalue weighted by Crippen LogP contribution is 2.30. The lowest BCUT2D eigenvalue weighted by Gasteiger charge is -2.12. The molecule has 2 N–H and O–H groups in total. The van der Waals surface area contributed by atoms with Crippen LogP contribution in [0.5, 0.6) is 0 Å². The van der Waals surface area contributed by atoms with Crippen molar-refractivity contribution in [3.05, 3.63) is 72.3 Å². The summed E-state index contributed by atoms with van der Waals surface area (Å²) in [5.41, 5.74) is 1.43. The van der Waals surface area contributed by atoms with Crippen LogP contribution in [-0.4, -0.2) is 47.7 Å². The molecule has 0 atom stereocenters. The molecule has 0 aromatic heterocycles. The average Bonchev–Trinajstić information content (AvgIpc) is 2.60. The predicted octanol–water partition coefficient (Wildman–Crippen LogP) is 3.65. The number of likely N-dealkylation sites (N-methyl/N-ethyl adjacent to an activating group) is 1. The molecule has 0 unspecified atom stereocenters. The zero-order valence-electron chi connectivity index (χ0n) is 14.8. The Morgan fingerprint density at radius 1 is 0.923 bits per heavy atom. The fourth-order valence-corrected chi connectivity index (χ4v) is 2.91. The number of hydrogen-bond donors (Lipinski definition) is 2. The van der Waals surface area contributed by atoms with Crippen LogP contribution in [0.15, 0.2) is 76.5 Å². The second-order valence-corrected chi connectivity index (χ2v) is 6.70. The van der Waals surface area contributed by atoms with E-state index in [1.54, 1.807) is 0 Å². The monoisotopic (exact) mass is 373 g/mol. The molecule has 0 amide bonds. The van der Waals surface area contributed by atoms with Crippen molar-refractivity contribution >= 4 is 23.7 Å². The van der Waals surface area contributed by atoms with Crippen LogP contribution in [0.2, 0.25) is 0 Å². The van der Waals surface area contributed by atoms with Crippen molar-refractivity contribution in [3.8, 4) is 0 Å². The molecular formula is C20H23NO4S. The summed E-state index contributed by atoms with van der Waals surface area (Å²) in [6.07, 6.45) is 2.22. The topological polar surface area (TPSA) is 77.8 Å². The van der Waals surface area contributed by atoms with Crippen LogP contribution < -0.4 is 0 Å². The van der Waals surface area contributed by atoms with Crippen LogP contribution in [0.1, 0.15) is 5.56 Å². The number of hydrogen-bond acceptors (Lipinski definition) is 4. The summed E-state index contributed by atoms with van der Waals surface area (Å²) in [6, 6.07) is 19.2. The smallest absolute Gasteiger partial charge is 0.328 e. The number of carboxylic acid groups (broad SMARTS) is 2. The van der Waals surface area contributed by atoms with Gasteiger partial charge in [-0.3, -0.25) is 0 Å². The Kier molecular flexibility index (Phi) is 9.82. The maximum absolute atomic E-state index is 9.55. The fraction of sp³-hybridized carbons (Fsp3) is 0.200. The van der Waals surface area contributed by atoms with Crippen molar-refractivity contribution in [3.63, 3.8) is 0 Å². The van der Waals surface area contributed by atoms with Gasteiger partial charge in [-0.05, 0) is 44.3 Å². The van der Waals surface area contributed by atoms with Crippen LogP contribution in [-0.2, 0) is 16.0 Å². The summed E-state index contributed by atoms with van der Waals surface area (Å²) in [7, 11) is 4.24. The normalized spacial score (nSPS) is 10.4. The number of aliphatic carboxylic acids is 2. The Morgan fingerprint density at radius 3 is 2.00 bits per heavy atom. The highest BCUT2D eigenvalue weighted by molar-refractivity contribution is 7.99. The zero-order valence-corrected chi connectivity index (χ0v) is 15.6. The molecule has 0 bridgehead atoms. The molecule has 0 aliphatic rings. The summed E-state index contributed by atoms with van der Waals surface area (Å²) in [4.78, 5) is 24.0. The Bertz CT molecular complexity index is 714. The van der Waals surface area contributed by atoms with Crippen molar-refractivity contribution in [1.82, 2.24) is 4.90 Å². The van der Waals surface area contributed by atoms with Crippen molar-refractivity contribution in [2.24, 2.45) is 0 Å². The zero-order chi connectivity index (χ0) is 19.4. The Labute approximate surface area is 158 Å². The summed E-state index contributed by atoms with van der Waals surface area (Å²) < 4.78 is 0. The van der Waals surface area contributed by atoms with Gasteiger partial charge >= 0.3 is 11.9 Å². The van der Waals surface area contributed by atoms with E-state index in [-0.39, 0.29) is 0 Å². The van der Waals surface area contributed by atoms with E-state index < -0.39 is 11.9 Å². The van der Waals surface area contributed by atoms with Gasteiger partial charge in [0.2, 0.25) is 0 Å². The lowest BCUT2D eigenvalue weighted by molar-refractivity contribution is -0.134. The molecule has 5 nitrogen and oxygen atoms in total. The van der Waals surface area contributed by atoms with Gasteiger partial charge < -0.3 is 15.1 Å². The maximum Gasteiger partial charge on any atom is 0.328 e. The van der Waals surface area contributed by atoms with Crippen LogP contribution in [0.4, 0.5) is 0 Å². The number of benzene rings is 2. The van der Waals surface area contributed by atoms with Gasteiger partial charge in [-0.25, -0.2) is 9.59 Å². The average molecular weight is 373 g/mol. The summed E-state index contributed by atoms with van der Waals surface area (Å²) in [5, 5.41) is 15.6. The Balaban J connectivity index is 0.000000359. The minimum atomic E-state index is -1.26. The van der Waals surface area contributed by atoms with E-state index >= 15 is 0 Å². The van der Waals surface area contributed by atoms with Gasteiger partial charge in [0, 0.05) is 28.5 Å². The summed E-state index contributed by atoms with van der Waals surface area (Å²) in [6.45, 7) is 1.09. The molecule has 0 aliphatic heterocycles. The van der Waals surface area contributed by atoms with Crippen LogP contribution in [0, 0.1) is 0 Å². The molecule has 26 heavy (non-hydrogen) atoms. The van der Waals surface area contributed by atoms with E-state index in [1.165, 1.54) is 15.4 Å². The minimum Gasteiger partial charge on any atom is -0.478 e. The lowest BCUT2D eigenvalue weighted by atomic mass is 10.1. The highest BCUT2D eigenvalue weighted by atomic mass is 32.2. The lowest BCUT2D eigenvalue weighted by Crippen LogP contribution is -2.15. The van der Waals surface area contributed by atoms with E-state index in [0.29, 0.717) is 12.2 Å². The first kappa shape index (κ1) is 21.5. The molecule has 0 heterocycles. The third kappa shape index (κ3) is 9.66. The number of carbonyl (C=O) groups is 2. The van der Waals surface area contributed by atoms with Crippen LogP contribution in [0.25, 0.3) is 0 Å². The van der Waals surface area contributed by atoms with E-state index in [1.807, 2.05) is 11.8 Å². The molecule has 0 saturated heterocycles. The third-order valence-electron chi connectivity index (χ3n) is 3.14. The van der Waals surface area contributed by atoms with Gasteiger partial charge in [-0.1, -0.05) is 48.2 Å². The molecule has 2 aromatic rings. The number of carboxylic acids is 2. The van der Waals surface area contributed by atoms with Crippen molar-refractivity contribution in [1.29, 1.82) is 0 Å². The first-order valence-corrected chi connectivity index (χ1v) is 8.79. The first-order valence-electron chi connectivity index (χ1n) is 7.98. The summed E-state index contributed by atoms with van der Waals surface area (Å²) in [5.74, 6) is -2.51. The van der Waals surface area contributed by atoms with Crippen molar-refractivity contribution < 1.29 is 19.8 Å². The molecule has 0 fully saturated rings. The molecule has 2 aromatic carbocycles. The maximum atomic E-state index is 9.55. The van der Waals surface area contributed by atoms with Crippen molar-refractivity contribution in [2.45, 2.75) is 16.2 Å². The molecule has 138 valence electrons. The second-order valence-electron chi connectivity index (χ2n) is 5.59. The molecular weight excluding hydrogens is 350 g/mol. The molecule has 6 heteroatoms. The molecule has 0 spiro atoms. The van der Waals surface area contributed by atoms with Gasteiger partial charge in [0.1, 0.15) is 0 Å². The standard InChI is InChI=1S/C16H19NS.C4H4O4/c1-17(2)13-12-14-8-6-7-11-16(14)18-15-9-4-3-5-10-15;5-3(6)1-2-4(7)8/h3-11H,12-13H2,1-2H3;1-2H,(H,5,6)(H,7,8)/b;2-1-. The highest BCUT2D eigenvalue weighted by Gasteiger charge is 2.04. The SMILES string of the molecule is CN(C)CCc1ccccc1Sc1ccccc1.O=C(O)/C=C\C(=O)O. The van der Waals surface area contributed by atoms with Gasteiger partial charge in [-0.2, -0.15) is 0 Å². The molecule has 0 aliphatic carbocycles. The van der Waals surface area contributed by atoms with Gasteiger partial charge in [-0.15, -0.1) is 0 Å². The predicted molar refractivity (Wildman–Crippen MR) is 104 cm³/mol. The van der Waals surface area contributed by atoms with E-state index in [4.69, 9.17) is 10.2 Å². The van der Waals surface area contributed by atoms with Crippen LogP contribution >= 0.6 is 11.8 Å². The van der Waals surface area contributed by atoms with Crippen molar-refractivity contribution in [2.75, 3.05) is 20.6 Å². The first-order chi connectivity index (χ1) is 12.4. The third-order valence-corrected chi connectivity index (χ3v) is 4.27. The number of nitrogens with zero attached hydrogens (tertiary/aromatic N) is 1. The Hall–Kier alpha value is -2.57. The fourth-order valence-electron chi connectivity index (χ4n) is 1.91. The Morgan fingerprint density at radius 2 is 1.46 bits per heavy atom. The van der Waals surface area contributed by atoms with E-state index in [0.717, 1.165) is 13.0 Å². The molecule has 0 radical (unpaired) electrons. The molecule has 0 saturated carbocycles. The van der Waals surface area contributed by atoms with Gasteiger partial charge in [0.05, 0.1) is 0 Å². The largest absolute Gasteiger partial charge is 0.478 e. The van der Waals surface area contributed by atoms with E-state index in [2.05, 4.69) is 73.6 Å². The summed E-state index contributed by atoms with van der Waals surface area (Å²) >= 11 is 1.85.